The van der Waals surface area contributed by atoms with E-state index in [1.807, 2.05) is 23.6 Å². The van der Waals surface area contributed by atoms with Crippen molar-refractivity contribution in [3.8, 4) is 0 Å². The van der Waals surface area contributed by atoms with E-state index in [4.69, 9.17) is 4.52 Å². The van der Waals surface area contributed by atoms with Gasteiger partial charge in [-0.25, -0.2) is 4.79 Å². The van der Waals surface area contributed by atoms with Gasteiger partial charge in [-0.1, -0.05) is 12.1 Å². The molecule has 21 heavy (non-hydrogen) atoms. The summed E-state index contributed by atoms with van der Waals surface area (Å²) >= 11 is 1.85. The maximum absolute atomic E-state index is 12.1. The number of nitrogens with one attached hydrogen (secondary N) is 1. The van der Waals surface area contributed by atoms with Crippen LogP contribution in [-0.2, 0) is 13.0 Å². The summed E-state index contributed by atoms with van der Waals surface area (Å²) in [6, 6.07) is -0.0534. The average molecular weight is 313 g/mol. The minimum absolute atomic E-state index is 0.0534. The molecule has 1 fully saturated rings. The van der Waals surface area contributed by atoms with E-state index in [0.717, 1.165) is 38.5 Å². The first-order valence-corrected chi connectivity index (χ1v) is 8.67. The fraction of sp³-hybridized carbons (Fsp3) is 0.769. The van der Waals surface area contributed by atoms with Gasteiger partial charge in [-0.3, -0.25) is 4.90 Å². The Morgan fingerprint density at radius 2 is 2.14 bits per heavy atom. The number of carbonyl (C=O) groups excluding carboxylic acids is 1. The van der Waals surface area contributed by atoms with Crippen molar-refractivity contribution in [2.75, 3.05) is 44.7 Å². The van der Waals surface area contributed by atoms with Crippen LogP contribution in [0.3, 0.4) is 0 Å². The molecule has 0 aliphatic carbocycles. The van der Waals surface area contributed by atoms with Crippen molar-refractivity contribution in [1.82, 2.24) is 25.3 Å². The molecular formula is C13H23N5O2S. The number of hydrogen-bond acceptors (Lipinski definition) is 6. The summed E-state index contributed by atoms with van der Waals surface area (Å²) in [6.45, 7) is 6.78. The Labute approximate surface area is 129 Å². The van der Waals surface area contributed by atoms with Gasteiger partial charge in [-0.05, 0) is 6.26 Å². The summed E-state index contributed by atoms with van der Waals surface area (Å²) < 4.78 is 5.01. The Morgan fingerprint density at radius 3 is 2.76 bits per heavy atom. The van der Waals surface area contributed by atoms with Crippen LogP contribution in [0.25, 0.3) is 0 Å². The molecule has 0 saturated carbocycles. The molecule has 1 saturated heterocycles. The third-order valence-electron chi connectivity index (χ3n) is 3.48. The molecule has 118 valence electrons. The third kappa shape index (κ3) is 4.89. The summed E-state index contributed by atoms with van der Waals surface area (Å²) in [5.74, 6) is 2.27. The van der Waals surface area contributed by atoms with Crippen LogP contribution in [0, 0.1) is 0 Å². The molecule has 1 aromatic rings. The van der Waals surface area contributed by atoms with Gasteiger partial charge in [-0.2, -0.15) is 16.7 Å². The van der Waals surface area contributed by atoms with Crippen molar-refractivity contribution in [2.45, 2.75) is 19.9 Å². The smallest absolute Gasteiger partial charge is 0.317 e. The molecule has 0 aromatic carbocycles. The molecule has 2 amide bonds. The molecule has 0 spiro atoms. The number of aromatic nitrogens is 2. The lowest BCUT2D eigenvalue weighted by Gasteiger charge is -2.34. The van der Waals surface area contributed by atoms with Crippen molar-refractivity contribution in [2.24, 2.45) is 0 Å². The number of piperazine rings is 1. The SMILES string of the molecule is CCc1nc(CNC(=O)N2CCN(CCSC)CC2)no1. The fourth-order valence-corrected chi connectivity index (χ4v) is 2.61. The average Bonchev–Trinajstić information content (AvgIpc) is 2.99. The van der Waals surface area contributed by atoms with Crippen LogP contribution in [-0.4, -0.2) is 70.7 Å². The number of aryl methyl sites for hydroxylation is 1. The van der Waals surface area contributed by atoms with Gasteiger partial charge in [0.05, 0.1) is 6.54 Å². The summed E-state index contributed by atoms with van der Waals surface area (Å²) in [5.41, 5.74) is 0. The molecule has 1 aliphatic heterocycles. The Morgan fingerprint density at radius 1 is 1.38 bits per heavy atom. The largest absolute Gasteiger partial charge is 0.339 e. The van der Waals surface area contributed by atoms with Gasteiger partial charge in [0.15, 0.2) is 5.82 Å². The lowest BCUT2D eigenvalue weighted by atomic mass is 10.3. The molecule has 0 bridgehead atoms. The van der Waals surface area contributed by atoms with E-state index < -0.39 is 0 Å². The second-order valence-electron chi connectivity index (χ2n) is 4.94. The summed E-state index contributed by atoms with van der Waals surface area (Å²) in [6.07, 6.45) is 2.82. The van der Waals surface area contributed by atoms with Crippen LogP contribution in [0.5, 0.6) is 0 Å². The van der Waals surface area contributed by atoms with Crippen LogP contribution < -0.4 is 5.32 Å². The minimum atomic E-state index is -0.0534. The standard InChI is InChI=1S/C13H23N5O2S/c1-3-12-15-11(16-20-12)10-14-13(19)18-6-4-17(5-7-18)8-9-21-2/h3-10H2,1-2H3,(H,14,19). The van der Waals surface area contributed by atoms with Crippen LogP contribution in [0.15, 0.2) is 4.52 Å². The van der Waals surface area contributed by atoms with Crippen molar-refractivity contribution in [3.63, 3.8) is 0 Å². The number of nitrogens with zero attached hydrogens (tertiary/aromatic N) is 4. The number of carbonyl (C=O) groups is 1. The number of hydrogen-bond donors (Lipinski definition) is 1. The highest BCUT2D eigenvalue weighted by molar-refractivity contribution is 7.98. The zero-order valence-corrected chi connectivity index (χ0v) is 13.5. The van der Waals surface area contributed by atoms with Gasteiger partial charge in [0.25, 0.3) is 0 Å². The van der Waals surface area contributed by atoms with Gasteiger partial charge < -0.3 is 14.7 Å². The number of thioether (sulfide) groups is 1. The Balaban J connectivity index is 1.69. The van der Waals surface area contributed by atoms with E-state index in [-0.39, 0.29) is 6.03 Å². The van der Waals surface area contributed by atoms with Gasteiger partial charge in [0.1, 0.15) is 0 Å². The maximum atomic E-state index is 12.1. The summed E-state index contributed by atoms with van der Waals surface area (Å²) in [4.78, 5) is 20.5. The van der Waals surface area contributed by atoms with E-state index in [1.165, 1.54) is 0 Å². The molecule has 2 rings (SSSR count). The Bertz CT molecular complexity index is 446. The topological polar surface area (TPSA) is 74.5 Å². The second-order valence-corrected chi connectivity index (χ2v) is 5.92. The van der Waals surface area contributed by atoms with Crippen molar-refractivity contribution < 1.29 is 9.32 Å². The van der Waals surface area contributed by atoms with Crippen molar-refractivity contribution >= 4 is 17.8 Å². The zero-order chi connectivity index (χ0) is 15.1. The highest BCUT2D eigenvalue weighted by atomic mass is 32.2. The van der Waals surface area contributed by atoms with E-state index in [0.29, 0.717) is 24.7 Å². The first-order valence-electron chi connectivity index (χ1n) is 7.28. The van der Waals surface area contributed by atoms with E-state index in [2.05, 4.69) is 26.6 Å². The molecule has 1 aromatic heterocycles. The normalized spacial score (nSPS) is 16.2. The summed E-state index contributed by atoms with van der Waals surface area (Å²) in [7, 11) is 0. The first kappa shape index (κ1) is 16.1. The van der Waals surface area contributed by atoms with Crippen LogP contribution in [0.1, 0.15) is 18.6 Å². The second kappa shape index (κ2) is 8.23. The van der Waals surface area contributed by atoms with Crippen LogP contribution in [0.4, 0.5) is 4.79 Å². The van der Waals surface area contributed by atoms with E-state index >= 15 is 0 Å². The molecule has 1 aliphatic rings. The fourth-order valence-electron chi connectivity index (χ4n) is 2.17. The lowest BCUT2D eigenvalue weighted by Crippen LogP contribution is -2.52. The Hall–Kier alpha value is -1.28. The number of urea groups is 1. The van der Waals surface area contributed by atoms with Crippen LogP contribution >= 0.6 is 11.8 Å². The molecule has 0 radical (unpaired) electrons. The number of rotatable bonds is 6. The van der Waals surface area contributed by atoms with Gasteiger partial charge in [0, 0.05) is 44.9 Å². The van der Waals surface area contributed by atoms with E-state index in [9.17, 15) is 4.79 Å². The minimum Gasteiger partial charge on any atom is -0.339 e. The molecule has 8 heteroatoms. The molecule has 1 N–H and O–H groups in total. The highest BCUT2D eigenvalue weighted by Crippen LogP contribution is 2.04. The Kier molecular flexibility index (Phi) is 6.31. The van der Waals surface area contributed by atoms with Crippen LogP contribution in [0.2, 0.25) is 0 Å². The predicted octanol–water partition coefficient (Wildman–Crippen LogP) is 0.822. The molecule has 0 atom stereocenters. The molecule has 0 unspecified atom stereocenters. The summed E-state index contributed by atoms with van der Waals surface area (Å²) in [5, 5.41) is 6.66. The van der Waals surface area contributed by atoms with Crippen molar-refractivity contribution in [3.05, 3.63) is 11.7 Å². The van der Waals surface area contributed by atoms with E-state index in [1.54, 1.807) is 0 Å². The van der Waals surface area contributed by atoms with Crippen molar-refractivity contribution in [1.29, 1.82) is 0 Å². The monoisotopic (exact) mass is 313 g/mol. The molecule has 2 heterocycles. The molecule has 7 nitrogen and oxygen atoms in total. The lowest BCUT2D eigenvalue weighted by molar-refractivity contribution is 0.143. The van der Waals surface area contributed by atoms with Gasteiger partial charge in [-0.15, -0.1) is 0 Å². The third-order valence-corrected chi connectivity index (χ3v) is 4.07. The van der Waals surface area contributed by atoms with Gasteiger partial charge >= 0.3 is 6.03 Å². The van der Waals surface area contributed by atoms with Gasteiger partial charge in [0.2, 0.25) is 5.89 Å². The first-order chi connectivity index (χ1) is 10.2. The predicted molar refractivity (Wildman–Crippen MR) is 82.3 cm³/mol. The maximum Gasteiger partial charge on any atom is 0.317 e. The zero-order valence-electron chi connectivity index (χ0n) is 12.7. The molecular weight excluding hydrogens is 290 g/mol. The quantitative estimate of drug-likeness (QED) is 0.838. The number of amides is 2. The highest BCUT2D eigenvalue weighted by Gasteiger charge is 2.20.